The van der Waals surface area contributed by atoms with E-state index in [9.17, 15) is 13.2 Å². The molecule has 0 aliphatic rings. The second-order valence-electron chi connectivity index (χ2n) is 7.06. The number of nitrogens with one attached hydrogen (secondary N) is 1. The lowest BCUT2D eigenvalue weighted by molar-refractivity contribution is -0.117. The number of hydrogen-bond donors (Lipinski definition) is 1. The van der Waals surface area contributed by atoms with Gasteiger partial charge in [-0.05, 0) is 55.0 Å². The number of carbonyl (C=O) groups is 1. The minimum Gasteiger partial charge on any atom is -0.324 e. The summed E-state index contributed by atoms with van der Waals surface area (Å²) in [6.45, 7) is 7.69. The van der Waals surface area contributed by atoms with Crippen LogP contribution in [0.1, 0.15) is 43.9 Å². The van der Waals surface area contributed by atoms with E-state index in [0.717, 1.165) is 45.8 Å². The summed E-state index contributed by atoms with van der Waals surface area (Å²) < 4.78 is 26.4. The normalized spacial score (nSPS) is 12.5. The molecule has 0 fully saturated rings. The van der Waals surface area contributed by atoms with E-state index >= 15 is 0 Å². The van der Waals surface area contributed by atoms with Crippen molar-refractivity contribution < 1.29 is 13.2 Å². The Balaban J connectivity index is 2.48. The first-order chi connectivity index (χ1) is 13.6. The topological polar surface area (TPSA) is 66.5 Å². The molecule has 1 atom stereocenters. The molecule has 1 amide bonds. The van der Waals surface area contributed by atoms with E-state index in [2.05, 4.69) is 5.32 Å². The molecule has 0 aliphatic heterocycles. The monoisotopic (exact) mass is 436 g/mol. The van der Waals surface area contributed by atoms with Crippen LogP contribution in [-0.2, 0) is 27.7 Å². The summed E-state index contributed by atoms with van der Waals surface area (Å²) in [7, 11) is -3.71. The van der Waals surface area contributed by atoms with Gasteiger partial charge in [0.15, 0.2) is 0 Å². The number of aryl methyl sites for hydroxylation is 3. The maximum atomic E-state index is 13.2. The average molecular weight is 437 g/mol. The molecule has 0 aliphatic carbocycles. The third-order valence-corrected chi connectivity index (χ3v) is 6.57. The predicted molar refractivity (Wildman–Crippen MR) is 121 cm³/mol. The van der Waals surface area contributed by atoms with Crippen LogP contribution in [0.4, 0.5) is 11.4 Å². The maximum absolute atomic E-state index is 13.2. The number of para-hydroxylation sites is 1. The molecule has 0 unspecified atom stereocenters. The van der Waals surface area contributed by atoms with Gasteiger partial charge in [0.2, 0.25) is 15.9 Å². The third-order valence-electron chi connectivity index (χ3n) is 4.99. The zero-order chi connectivity index (χ0) is 21.8. The van der Waals surface area contributed by atoms with Crippen LogP contribution in [0.5, 0.6) is 0 Å². The molecule has 7 heteroatoms. The van der Waals surface area contributed by atoms with Crippen LogP contribution in [0.15, 0.2) is 36.4 Å². The highest BCUT2D eigenvalue weighted by molar-refractivity contribution is 7.92. The number of amides is 1. The number of carbonyl (C=O) groups excluding carboxylic acids is 1. The zero-order valence-electron chi connectivity index (χ0n) is 17.6. The van der Waals surface area contributed by atoms with E-state index in [-0.39, 0.29) is 5.91 Å². The lowest BCUT2D eigenvalue weighted by Crippen LogP contribution is -2.47. The lowest BCUT2D eigenvalue weighted by Gasteiger charge is -2.31. The highest BCUT2D eigenvalue weighted by Crippen LogP contribution is 2.29. The van der Waals surface area contributed by atoms with Crippen LogP contribution in [0.25, 0.3) is 0 Å². The van der Waals surface area contributed by atoms with Crippen LogP contribution < -0.4 is 9.62 Å². The van der Waals surface area contributed by atoms with Gasteiger partial charge in [-0.15, -0.1) is 0 Å². The number of anilines is 2. The van der Waals surface area contributed by atoms with Crippen LogP contribution >= 0.6 is 11.6 Å². The summed E-state index contributed by atoms with van der Waals surface area (Å²) >= 11 is 6.22. The molecule has 0 spiro atoms. The Labute approximate surface area is 179 Å². The lowest BCUT2D eigenvalue weighted by atomic mass is 10.0. The third kappa shape index (κ3) is 5.31. The van der Waals surface area contributed by atoms with E-state index in [1.165, 1.54) is 0 Å². The Kier molecular flexibility index (Phi) is 7.72. The van der Waals surface area contributed by atoms with Crippen molar-refractivity contribution in [2.24, 2.45) is 0 Å². The van der Waals surface area contributed by atoms with Crippen LogP contribution in [0.2, 0.25) is 5.02 Å². The molecule has 0 radical (unpaired) electrons. The summed E-state index contributed by atoms with van der Waals surface area (Å²) in [5.41, 5.74) is 4.04. The van der Waals surface area contributed by atoms with Gasteiger partial charge in [0.05, 0.1) is 11.9 Å². The first kappa shape index (κ1) is 23.2. The quantitative estimate of drug-likeness (QED) is 0.636. The van der Waals surface area contributed by atoms with E-state index in [1.807, 2.05) is 39.0 Å². The van der Waals surface area contributed by atoms with Gasteiger partial charge >= 0.3 is 0 Å². The molecule has 5 nitrogen and oxygen atoms in total. The SMILES string of the molecule is CCc1cccc(CC)c1NC(=O)[C@@H](CC)N(c1ccc(C)c(Cl)c1)S(C)(=O)=O. The smallest absolute Gasteiger partial charge is 0.248 e. The first-order valence-electron chi connectivity index (χ1n) is 9.81. The average Bonchev–Trinajstić information content (AvgIpc) is 2.67. The first-order valence-corrected chi connectivity index (χ1v) is 12.0. The second-order valence-corrected chi connectivity index (χ2v) is 9.33. The number of hydrogen-bond acceptors (Lipinski definition) is 3. The molecule has 2 aromatic rings. The van der Waals surface area contributed by atoms with E-state index in [4.69, 9.17) is 11.6 Å². The fraction of sp³-hybridized carbons (Fsp3) is 0.409. The summed E-state index contributed by atoms with van der Waals surface area (Å²) in [4.78, 5) is 13.2. The van der Waals surface area contributed by atoms with Crippen molar-refractivity contribution in [2.75, 3.05) is 15.9 Å². The van der Waals surface area contributed by atoms with Gasteiger partial charge in [0.1, 0.15) is 6.04 Å². The Morgan fingerprint density at radius 1 is 1.10 bits per heavy atom. The van der Waals surface area contributed by atoms with Gasteiger partial charge in [-0.1, -0.05) is 56.6 Å². The molecule has 1 N–H and O–H groups in total. The molecule has 29 heavy (non-hydrogen) atoms. The number of nitrogens with zero attached hydrogens (tertiary/aromatic N) is 1. The molecule has 158 valence electrons. The summed E-state index contributed by atoms with van der Waals surface area (Å²) in [5.74, 6) is -0.356. The Morgan fingerprint density at radius 2 is 1.69 bits per heavy atom. The van der Waals surface area contributed by atoms with Crippen molar-refractivity contribution in [2.45, 2.75) is 53.0 Å². The van der Waals surface area contributed by atoms with Crippen molar-refractivity contribution in [1.82, 2.24) is 0 Å². The van der Waals surface area contributed by atoms with Crippen molar-refractivity contribution in [3.05, 3.63) is 58.1 Å². The highest BCUT2D eigenvalue weighted by atomic mass is 35.5. The summed E-state index contributed by atoms with van der Waals surface area (Å²) in [6.07, 6.45) is 2.96. The minimum atomic E-state index is -3.71. The van der Waals surface area contributed by atoms with E-state index < -0.39 is 16.1 Å². The molecule has 2 aromatic carbocycles. The van der Waals surface area contributed by atoms with Gasteiger partial charge in [-0.3, -0.25) is 9.10 Å². The predicted octanol–water partition coefficient (Wildman–Crippen LogP) is 4.96. The molecular weight excluding hydrogens is 408 g/mol. The number of halogens is 1. The molecule has 0 heterocycles. The number of benzene rings is 2. The van der Waals surface area contributed by atoms with Gasteiger partial charge < -0.3 is 5.32 Å². The van der Waals surface area contributed by atoms with Crippen LogP contribution in [0.3, 0.4) is 0 Å². The summed E-state index contributed by atoms with van der Waals surface area (Å²) in [6, 6.07) is 10.1. The number of sulfonamides is 1. The van der Waals surface area contributed by atoms with Crippen molar-refractivity contribution in [1.29, 1.82) is 0 Å². The Hall–Kier alpha value is -2.05. The molecule has 2 rings (SSSR count). The second kappa shape index (κ2) is 9.63. The van der Waals surface area contributed by atoms with Gasteiger partial charge in [-0.25, -0.2) is 8.42 Å². The largest absolute Gasteiger partial charge is 0.324 e. The van der Waals surface area contributed by atoms with Gasteiger partial charge in [0.25, 0.3) is 0 Å². The number of rotatable bonds is 8. The molecule has 0 bridgehead atoms. The van der Waals surface area contributed by atoms with E-state index in [1.54, 1.807) is 25.1 Å². The fourth-order valence-electron chi connectivity index (χ4n) is 3.39. The van der Waals surface area contributed by atoms with Gasteiger partial charge in [-0.2, -0.15) is 0 Å². The van der Waals surface area contributed by atoms with Crippen molar-refractivity contribution >= 4 is 38.9 Å². The van der Waals surface area contributed by atoms with Gasteiger partial charge in [0, 0.05) is 10.7 Å². The van der Waals surface area contributed by atoms with Crippen molar-refractivity contribution in [3.63, 3.8) is 0 Å². The van der Waals surface area contributed by atoms with Crippen molar-refractivity contribution in [3.8, 4) is 0 Å². The van der Waals surface area contributed by atoms with E-state index in [0.29, 0.717) is 17.1 Å². The standard InChI is InChI=1S/C22H29ClN2O3S/c1-6-16-10-9-11-17(7-2)21(16)24-22(26)20(8-3)25(29(5,27)28)18-13-12-15(4)19(23)14-18/h9-14,20H,6-8H2,1-5H3,(H,24,26)/t20-/m1/s1. The molecule has 0 saturated heterocycles. The fourth-order valence-corrected chi connectivity index (χ4v) is 4.77. The Morgan fingerprint density at radius 3 is 2.14 bits per heavy atom. The summed E-state index contributed by atoms with van der Waals surface area (Å²) in [5, 5.41) is 3.46. The Bertz CT molecular complexity index is 967. The van der Waals surface area contributed by atoms with Crippen LogP contribution in [-0.4, -0.2) is 26.6 Å². The molecule has 0 saturated carbocycles. The molecule has 0 aromatic heterocycles. The highest BCUT2D eigenvalue weighted by Gasteiger charge is 2.32. The zero-order valence-corrected chi connectivity index (χ0v) is 19.2. The minimum absolute atomic E-state index is 0.320. The molecular formula is C22H29ClN2O3S. The van der Waals surface area contributed by atoms with Crippen LogP contribution in [0, 0.1) is 6.92 Å². The maximum Gasteiger partial charge on any atom is 0.248 e.